The van der Waals surface area contributed by atoms with Gasteiger partial charge in [0.25, 0.3) is 0 Å². The molecular weight excluding hydrogens is 234 g/mol. The second-order valence-electron chi connectivity index (χ2n) is 4.90. The predicted octanol–water partition coefficient (Wildman–Crippen LogP) is 4.79. The van der Waals surface area contributed by atoms with E-state index in [4.69, 9.17) is 0 Å². The summed E-state index contributed by atoms with van der Waals surface area (Å²) in [4.78, 5) is 0. The highest BCUT2D eigenvalue weighted by Crippen LogP contribution is 2.29. The Bertz CT molecular complexity index is 531. The molecule has 2 heteroatoms. The van der Waals surface area contributed by atoms with Gasteiger partial charge in [-0.1, -0.05) is 37.1 Å². The molecule has 0 spiro atoms. The fraction of sp³-hybridized carbons (Fsp3) is 0.294. The van der Waals surface area contributed by atoms with Gasteiger partial charge in [-0.25, -0.2) is 0 Å². The molecule has 19 heavy (non-hydrogen) atoms. The van der Waals surface area contributed by atoms with Gasteiger partial charge in [-0.2, -0.15) is 0 Å². The molecule has 0 aliphatic heterocycles. The Morgan fingerprint density at radius 2 is 1.79 bits per heavy atom. The first-order chi connectivity index (χ1) is 9.20. The van der Waals surface area contributed by atoms with Crippen LogP contribution < -0.4 is 5.32 Å². The van der Waals surface area contributed by atoms with Crippen molar-refractivity contribution in [1.29, 1.82) is 0 Å². The number of unbranched alkanes of at least 4 members (excludes halogenated alkanes) is 1. The topological polar surface area (TPSA) is 32.3 Å². The number of phenolic OH excluding ortho intramolecular Hbond substituents is 1. The molecule has 2 aromatic carbocycles. The van der Waals surface area contributed by atoms with Gasteiger partial charge in [0, 0.05) is 16.9 Å². The maximum atomic E-state index is 10.0. The van der Waals surface area contributed by atoms with Gasteiger partial charge in [-0.05, 0) is 44.0 Å². The van der Waals surface area contributed by atoms with Crippen LogP contribution in [0.2, 0.25) is 0 Å². The van der Waals surface area contributed by atoms with E-state index in [0.29, 0.717) is 5.75 Å². The van der Waals surface area contributed by atoms with Crippen molar-refractivity contribution >= 4 is 11.4 Å². The van der Waals surface area contributed by atoms with Gasteiger partial charge < -0.3 is 10.4 Å². The SMILES string of the molecule is CCCCc1c(O)cccc1Nc1ccc(C)cc1. The molecule has 2 aromatic rings. The normalized spacial score (nSPS) is 10.4. The molecule has 0 atom stereocenters. The fourth-order valence-electron chi connectivity index (χ4n) is 2.10. The van der Waals surface area contributed by atoms with Gasteiger partial charge in [0.2, 0.25) is 0 Å². The first-order valence-electron chi connectivity index (χ1n) is 6.85. The average molecular weight is 255 g/mol. The molecule has 0 radical (unpaired) electrons. The van der Waals surface area contributed by atoms with E-state index in [1.165, 1.54) is 5.56 Å². The Balaban J connectivity index is 2.23. The number of rotatable bonds is 5. The van der Waals surface area contributed by atoms with Gasteiger partial charge in [-0.3, -0.25) is 0 Å². The lowest BCUT2D eigenvalue weighted by atomic mass is 10.0. The molecule has 0 bridgehead atoms. The highest BCUT2D eigenvalue weighted by Gasteiger charge is 2.07. The van der Waals surface area contributed by atoms with Crippen molar-refractivity contribution in [2.75, 3.05) is 5.32 Å². The zero-order valence-corrected chi connectivity index (χ0v) is 11.6. The van der Waals surface area contributed by atoms with Gasteiger partial charge in [-0.15, -0.1) is 0 Å². The number of aryl methyl sites for hydroxylation is 1. The standard InChI is InChI=1S/C17H21NO/c1-3-4-6-15-16(7-5-8-17(15)19)18-14-11-9-13(2)10-12-14/h5,7-12,18-19H,3-4,6H2,1-2H3. The summed E-state index contributed by atoms with van der Waals surface area (Å²) in [6.07, 6.45) is 3.11. The van der Waals surface area contributed by atoms with Gasteiger partial charge in [0.15, 0.2) is 0 Å². The summed E-state index contributed by atoms with van der Waals surface area (Å²) >= 11 is 0. The van der Waals surface area contributed by atoms with Crippen molar-refractivity contribution in [2.24, 2.45) is 0 Å². The van der Waals surface area contributed by atoms with E-state index in [9.17, 15) is 5.11 Å². The first kappa shape index (κ1) is 13.5. The van der Waals surface area contributed by atoms with Gasteiger partial charge >= 0.3 is 0 Å². The molecule has 0 aliphatic carbocycles. The van der Waals surface area contributed by atoms with E-state index in [-0.39, 0.29) is 0 Å². The van der Waals surface area contributed by atoms with Crippen LogP contribution in [-0.2, 0) is 6.42 Å². The number of hydrogen-bond acceptors (Lipinski definition) is 2. The quantitative estimate of drug-likeness (QED) is 0.805. The summed E-state index contributed by atoms with van der Waals surface area (Å²) < 4.78 is 0. The maximum Gasteiger partial charge on any atom is 0.120 e. The number of phenols is 1. The summed E-state index contributed by atoms with van der Waals surface area (Å²) in [6, 6.07) is 13.9. The Hall–Kier alpha value is -1.96. The van der Waals surface area contributed by atoms with Crippen LogP contribution in [0.4, 0.5) is 11.4 Å². The zero-order valence-electron chi connectivity index (χ0n) is 11.6. The molecule has 0 fully saturated rings. The van der Waals surface area contributed by atoms with Crippen molar-refractivity contribution in [3.8, 4) is 5.75 Å². The highest BCUT2D eigenvalue weighted by molar-refractivity contribution is 5.66. The number of nitrogens with one attached hydrogen (secondary N) is 1. The lowest BCUT2D eigenvalue weighted by molar-refractivity contribution is 0.467. The molecule has 0 amide bonds. The summed E-state index contributed by atoms with van der Waals surface area (Å²) in [6.45, 7) is 4.23. The van der Waals surface area contributed by atoms with Crippen LogP contribution in [0.5, 0.6) is 5.75 Å². The Morgan fingerprint density at radius 3 is 2.47 bits per heavy atom. The molecule has 2 rings (SSSR count). The van der Waals surface area contributed by atoms with Crippen LogP contribution in [-0.4, -0.2) is 5.11 Å². The number of aromatic hydroxyl groups is 1. The van der Waals surface area contributed by atoms with Crippen LogP contribution in [0.25, 0.3) is 0 Å². The smallest absolute Gasteiger partial charge is 0.120 e. The van der Waals surface area contributed by atoms with E-state index in [0.717, 1.165) is 36.2 Å². The van der Waals surface area contributed by atoms with E-state index in [1.807, 2.05) is 12.1 Å². The second-order valence-corrected chi connectivity index (χ2v) is 4.90. The molecule has 2 nitrogen and oxygen atoms in total. The average Bonchev–Trinajstić information content (AvgIpc) is 2.41. The molecular formula is C17H21NO. The summed E-state index contributed by atoms with van der Waals surface area (Å²) in [7, 11) is 0. The Kier molecular flexibility index (Phi) is 4.45. The third-order valence-corrected chi connectivity index (χ3v) is 3.26. The molecule has 0 saturated heterocycles. The van der Waals surface area contributed by atoms with Crippen LogP contribution in [0, 0.1) is 6.92 Å². The van der Waals surface area contributed by atoms with E-state index >= 15 is 0 Å². The Morgan fingerprint density at radius 1 is 1.05 bits per heavy atom. The highest BCUT2D eigenvalue weighted by atomic mass is 16.3. The zero-order chi connectivity index (χ0) is 13.7. The largest absolute Gasteiger partial charge is 0.508 e. The molecule has 0 unspecified atom stereocenters. The third kappa shape index (κ3) is 3.50. The van der Waals surface area contributed by atoms with Crippen molar-refractivity contribution in [3.05, 3.63) is 53.6 Å². The van der Waals surface area contributed by atoms with Crippen molar-refractivity contribution in [3.63, 3.8) is 0 Å². The van der Waals surface area contributed by atoms with Crippen LogP contribution in [0.1, 0.15) is 30.9 Å². The molecule has 0 aromatic heterocycles. The van der Waals surface area contributed by atoms with Crippen LogP contribution in [0.3, 0.4) is 0 Å². The molecule has 100 valence electrons. The second kappa shape index (κ2) is 6.28. The summed E-state index contributed by atoms with van der Waals surface area (Å²) in [5.41, 5.74) is 4.30. The fourth-order valence-corrected chi connectivity index (χ4v) is 2.10. The van der Waals surface area contributed by atoms with E-state index < -0.39 is 0 Å². The van der Waals surface area contributed by atoms with Gasteiger partial charge in [0.1, 0.15) is 5.75 Å². The van der Waals surface area contributed by atoms with Crippen LogP contribution in [0.15, 0.2) is 42.5 Å². The van der Waals surface area contributed by atoms with Crippen molar-refractivity contribution in [1.82, 2.24) is 0 Å². The third-order valence-electron chi connectivity index (χ3n) is 3.26. The lowest BCUT2D eigenvalue weighted by Gasteiger charge is -2.13. The molecule has 0 heterocycles. The predicted molar refractivity (Wildman–Crippen MR) is 81.2 cm³/mol. The minimum Gasteiger partial charge on any atom is -0.508 e. The number of benzene rings is 2. The van der Waals surface area contributed by atoms with Crippen molar-refractivity contribution < 1.29 is 5.11 Å². The molecule has 0 saturated carbocycles. The maximum absolute atomic E-state index is 10.0. The van der Waals surface area contributed by atoms with Crippen molar-refractivity contribution in [2.45, 2.75) is 33.1 Å². The number of hydrogen-bond donors (Lipinski definition) is 2. The van der Waals surface area contributed by atoms with Crippen LogP contribution >= 0.6 is 0 Å². The first-order valence-corrected chi connectivity index (χ1v) is 6.85. The minimum absolute atomic E-state index is 0.380. The molecule has 0 aliphatic rings. The Labute approximate surface area is 115 Å². The summed E-state index contributed by atoms with van der Waals surface area (Å²) in [5.74, 6) is 0.380. The minimum atomic E-state index is 0.380. The van der Waals surface area contributed by atoms with Gasteiger partial charge in [0.05, 0.1) is 0 Å². The lowest BCUT2D eigenvalue weighted by Crippen LogP contribution is -1.97. The monoisotopic (exact) mass is 255 g/mol. The van der Waals surface area contributed by atoms with E-state index in [1.54, 1.807) is 6.07 Å². The molecule has 2 N–H and O–H groups in total. The van der Waals surface area contributed by atoms with E-state index in [2.05, 4.69) is 43.4 Å². The summed E-state index contributed by atoms with van der Waals surface area (Å²) in [5, 5.41) is 13.4. The number of anilines is 2.